The van der Waals surface area contributed by atoms with Gasteiger partial charge in [0.15, 0.2) is 0 Å². The SMILES string of the molecule is CC(=O)N(c1ccc(NC(=O)NCCCC(=O)O)cc1)C1CC1. The van der Waals surface area contributed by atoms with Crippen LogP contribution in [0, 0.1) is 0 Å². The molecule has 1 saturated carbocycles. The molecule has 23 heavy (non-hydrogen) atoms. The van der Waals surface area contributed by atoms with Crippen LogP contribution >= 0.6 is 0 Å². The zero-order valence-corrected chi connectivity index (χ0v) is 13.0. The maximum atomic E-state index is 11.7. The molecule has 0 heterocycles. The molecule has 7 nitrogen and oxygen atoms in total. The largest absolute Gasteiger partial charge is 0.481 e. The van der Waals surface area contributed by atoms with E-state index < -0.39 is 5.97 Å². The van der Waals surface area contributed by atoms with Crippen molar-refractivity contribution in [2.24, 2.45) is 0 Å². The minimum atomic E-state index is -0.881. The number of hydrogen-bond acceptors (Lipinski definition) is 3. The molecule has 0 bridgehead atoms. The van der Waals surface area contributed by atoms with E-state index in [0.29, 0.717) is 24.7 Å². The fourth-order valence-electron chi connectivity index (χ4n) is 2.30. The second-order valence-electron chi connectivity index (χ2n) is 5.55. The molecule has 0 atom stereocenters. The van der Waals surface area contributed by atoms with E-state index >= 15 is 0 Å². The summed E-state index contributed by atoms with van der Waals surface area (Å²) in [6, 6.07) is 7.01. The molecule has 0 aliphatic heterocycles. The Morgan fingerprint density at radius 2 is 1.87 bits per heavy atom. The van der Waals surface area contributed by atoms with Crippen molar-refractivity contribution in [2.75, 3.05) is 16.8 Å². The Morgan fingerprint density at radius 1 is 1.22 bits per heavy atom. The van der Waals surface area contributed by atoms with Crippen LogP contribution in [0.4, 0.5) is 16.2 Å². The Hall–Kier alpha value is -2.57. The van der Waals surface area contributed by atoms with Gasteiger partial charge in [0, 0.05) is 37.3 Å². The van der Waals surface area contributed by atoms with Gasteiger partial charge in [0.25, 0.3) is 0 Å². The Bertz CT molecular complexity index is 581. The van der Waals surface area contributed by atoms with Gasteiger partial charge >= 0.3 is 12.0 Å². The van der Waals surface area contributed by atoms with Crippen LogP contribution in [0.3, 0.4) is 0 Å². The Labute approximate surface area is 134 Å². The summed E-state index contributed by atoms with van der Waals surface area (Å²) >= 11 is 0. The van der Waals surface area contributed by atoms with Crippen LogP contribution in [-0.2, 0) is 9.59 Å². The lowest BCUT2D eigenvalue weighted by atomic mass is 10.2. The van der Waals surface area contributed by atoms with Crippen molar-refractivity contribution in [2.45, 2.75) is 38.6 Å². The summed E-state index contributed by atoms with van der Waals surface area (Å²) < 4.78 is 0. The molecular formula is C16H21N3O4. The third kappa shape index (κ3) is 5.28. The van der Waals surface area contributed by atoms with E-state index in [0.717, 1.165) is 18.5 Å². The number of carbonyl (C=O) groups is 3. The summed E-state index contributed by atoms with van der Waals surface area (Å²) in [5.41, 5.74) is 1.44. The number of carboxylic acids is 1. The number of urea groups is 1. The van der Waals surface area contributed by atoms with Crippen LogP contribution in [-0.4, -0.2) is 35.6 Å². The number of benzene rings is 1. The van der Waals surface area contributed by atoms with Crippen molar-refractivity contribution in [3.8, 4) is 0 Å². The average Bonchev–Trinajstić information content (AvgIpc) is 3.30. The summed E-state index contributed by atoms with van der Waals surface area (Å²) in [5, 5.41) is 13.8. The van der Waals surface area contributed by atoms with E-state index in [1.165, 1.54) is 0 Å². The first-order chi connectivity index (χ1) is 11.0. The van der Waals surface area contributed by atoms with E-state index in [2.05, 4.69) is 10.6 Å². The van der Waals surface area contributed by atoms with Crippen molar-refractivity contribution < 1.29 is 19.5 Å². The standard InChI is InChI=1S/C16H21N3O4/c1-11(20)19(14-8-9-14)13-6-4-12(5-7-13)18-16(23)17-10-2-3-15(21)22/h4-7,14H,2-3,8-10H2,1H3,(H,21,22)(H2,17,18,23). The van der Waals surface area contributed by atoms with Gasteiger partial charge in [-0.05, 0) is 43.5 Å². The van der Waals surface area contributed by atoms with E-state index in [1.54, 1.807) is 36.1 Å². The molecule has 0 spiro atoms. The lowest BCUT2D eigenvalue weighted by Gasteiger charge is -2.21. The highest BCUT2D eigenvalue weighted by Gasteiger charge is 2.31. The van der Waals surface area contributed by atoms with Crippen LogP contribution in [0.1, 0.15) is 32.6 Å². The molecular weight excluding hydrogens is 298 g/mol. The minimum Gasteiger partial charge on any atom is -0.481 e. The number of amides is 3. The number of aliphatic carboxylic acids is 1. The molecule has 1 aliphatic carbocycles. The Kier molecular flexibility index (Phi) is 5.56. The lowest BCUT2D eigenvalue weighted by Crippen LogP contribution is -2.31. The molecule has 1 fully saturated rings. The zero-order valence-electron chi connectivity index (χ0n) is 13.0. The number of hydrogen-bond donors (Lipinski definition) is 3. The summed E-state index contributed by atoms with van der Waals surface area (Å²) in [6.07, 6.45) is 2.46. The third-order valence-electron chi connectivity index (χ3n) is 3.51. The Morgan fingerprint density at radius 3 is 2.39 bits per heavy atom. The highest BCUT2D eigenvalue weighted by molar-refractivity contribution is 5.93. The van der Waals surface area contributed by atoms with Gasteiger partial charge in [-0.2, -0.15) is 0 Å². The molecule has 3 amide bonds. The molecule has 124 valence electrons. The van der Waals surface area contributed by atoms with Crippen LogP contribution in [0.25, 0.3) is 0 Å². The molecule has 3 N–H and O–H groups in total. The maximum Gasteiger partial charge on any atom is 0.319 e. The summed E-state index contributed by atoms with van der Waals surface area (Å²) in [7, 11) is 0. The van der Waals surface area contributed by atoms with Gasteiger partial charge in [0.1, 0.15) is 0 Å². The number of carboxylic acid groups (broad SMARTS) is 1. The summed E-state index contributed by atoms with van der Waals surface area (Å²) in [5.74, 6) is -0.863. The van der Waals surface area contributed by atoms with Gasteiger partial charge < -0.3 is 20.6 Å². The van der Waals surface area contributed by atoms with E-state index in [9.17, 15) is 14.4 Å². The maximum absolute atomic E-state index is 11.7. The van der Waals surface area contributed by atoms with Gasteiger partial charge in [-0.3, -0.25) is 9.59 Å². The number of rotatable bonds is 7. The summed E-state index contributed by atoms with van der Waals surface area (Å²) in [6.45, 7) is 1.85. The number of carbonyl (C=O) groups excluding carboxylic acids is 2. The molecule has 2 rings (SSSR count). The molecule has 1 aromatic carbocycles. The highest BCUT2D eigenvalue weighted by Crippen LogP contribution is 2.32. The number of anilines is 2. The topological polar surface area (TPSA) is 98.7 Å². The van der Waals surface area contributed by atoms with Crippen molar-refractivity contribution in [3.05, 3.63) is 24.3 Å². The average molecular weight is 319 g/mol. The van der Waals surface area contributed by atoms with Crippen molar-refractivity contribution in [1.82, 2.24) is 5.32 Å². The van der Waals surface area contributed by atoms with Gasteiger partial charge in [-0.1, -0.05) is 0 Å². The van der Waals surface area contributed by atoms with E-state index in [4.69, 9.17) is 5.11 Å². The summed E-state index contributed by atoms with van der Waals surface area (Å²) in [4.78, 5) is 35.5. The van der Waals surface area contributed by atoms with Crippen molar-refractivity contribution >= 4 is 29.3 Å². The first-order valence-corrected chi connectivity index (χ1v) is 7.64. The monoisotopic (exact) mass is 319 g/mol. The Balaban J connectivity index is 1.83. The predicted octanol–water partition coefficient (Wildman–Crippen LogP) is 2.19. The van der Waals surface area contributed by atoms with Gasteiger partial charge in [-0.15, -0.1) is 0 Å². The predicted molar refractivity (Wildman–Crippen MR) is 86.5 cm³/mol. The molecule has 1 aromatic rings. The quantitative estimate of drug-likeness (QED) is 0.671. The molecule has 0 radical (unpaired) electrons. The second-order valence-corrected chi connectivity index (χ2v) is 5.55. The lowest BCUT2D eigenvalue weighted by molar-refractivity contribution is -0.137. The van der Waals surface area contributed by atoms with E-state index in [-0.39, 0.29) is 18.4 Å². The third-order valence-corrected chi connectivity index (χ3v) is 3.51. The van der Waals surface area contributed by atoms with Gasteiger partial charge in [0.2, 0.25) is 5.91 Å². The molecule has 0 unspecified atom stereocenters. The van der Waals surface area contributed by atoms with Crippen LogP contribution in [0.5, 0.6) is 0 Å². The second kappa shape index (κ2) is 7.62. The van der Waals surface area contributed by atoms with Gasteiger partial charge in [-0.25, -0.2) is 4.79 Å². The first-order valence-electron chi connectivity index (χ1n) is 7.64. The molecule has 1 aliphatic rings. The van der Waals surface area contributed by atoms with Gasteiger partial charge in [0.05, 0.1) is 0 Å². The van der Waals surface area contributed by atoms with Crippen molar-refractivity contribution in [1.29, 1.82) is 0 Å². The number of nitrogens with zero attached hydrogens (tertiary/aromatic N) is 1. The van der Waals surface area contributed by atoms with Crippen LogP contribution < -0.4 is 15.5 Å². The van der Waals surface area contributed by atoms with Crippen LogP contribution in [0.15, 0.2) is 24.3 Å². The highest BCUT2D eigenvalue weighted by atomic mass is 16.4. The molecule has 0 saturated heterocycles. The zero-order chi connectivity index (χ0) is 16.8. The van der Waals surface area contributed by atoms with E-state index in [1.807, 2.05) is 0 Å². The smallest absolute Gasteiger partial charge is 0.319 e. The molecule has 0 aromatic heterocycles. The van der Waals surface area contributed by atoms with Crippen molar-refractivity contribution in [3.63, 3.8) is 0 Å². The normalized spacial score (nSPS) is 13.3. The number of nitrogens with one attached hydrogen (secondary N) is 2. The fourth-order valence-corrected chi connectivity index (χ4v) is 2.30. The minimum absolute atomic E-state index is 0.0179. The molecule has 7 heteroatoms. The first kappa shape index (κ1) is 16.8. The fraction of sp³-hybridized carbons (Fsp3) is 0.438. The van der Waals surface area contributed by atoms with Crippen LogP contribution in [0.2, 0.25) is 0 Å².